The first-order valence-electron chi connectivity index (χ1n) is 8.69. The van der Waals surface area contributed by atoms with Crippen LogP contribution in [-0.2, 0) is 21.0 Å². The van der Waals surface area contributed by atoms with Crippen LogP contribution in [0.25, 0.3) is 0 Å². The number of carbonyl (C=O) groups excluding carboxylic acids is 2. The Morgan fingerprint density at radius 3 is 2.39 bits per heavy atom. The van der Waals surface area contributed by atoms with Crippen LogP contribution in [0.5, 0.6) is 0 Å². The van der Waals surface area contributed by atoms with Gasteiger partial charge in [0.2, 0.25) is 10.0 Å². The van der Waals surface area contributed by atoms with Gasteiger partial charge in [0, 0.05) is 13.1 Å². The van der Waals surface area contributed by atoms with Gasteiger partial charge < -0.3 is 5.32 Å². The molecule has 1 atom stereocenters. The minimum Gasteiger partial charge on any atom is -0.322 e. The number of urea groups is 1. The third-order valence-corrected chi connectivity index (χ3v) is 7.22. The SMILES string of the molecule is C[C@]1(CS(=O)(=O)N2CCC(c3cccc(C(F)(F)F)c3)CC2)NC(=O)NC1=O. The van der Waals surface area contributed by atoms with Gasteiger partial charge in [0.15, 0.2) is 0 Å². The van der Waals surface area contributed by atoms with Crippen molar-refractivity contribution in [3.8, 4) is 0 Å². The number of nitrogens with one attached hydrogen (secondary N) is 2. The molecular weight excluding hydrogens is 399 g/mol. The molecule has 0 saturated carbocycles. The normalized spacial score (nSPS) is 24.9. The van der Waals surface area contributed by atoms with Gasteiger partial charge in [0.1, 0.15) is 5.54 Å². The van der Waals surface area contributed by atoms with Crippen molar-refractivity contribution in [3.05, 3.63) is 35.4 Å². The van der Waals surface area contributed by atoms with E-state index < -0.39 is 45.0 Å². The van der Waals surface area contributed by atoms with Crippen molar-refractivity contribution in [2.24, 2.45) is 0 Å². The van der Waals surface area contributed by atoms with Gasteiger partial charge in [-0.3, -0.25) is 10.1 Å². The van der Waals surface area contributed by atoms with Crippen molar-refractivity contribution in [2.75, 3.05) is 18.8 Å². The Balaban J connectivity index is 1.67. The maximum atomic E-state index is 12.9. The molecule has 0 spiro atoms. The predicted molar refractivity (Wildman–Crippen MR) is 93.9 cm³/mol. The van der Waals surface area contributed by atoms with Gasteiger partial charge in [-0.25, -0.2) is 17.5 Å². The Hall–Kier alpha value is -2.14. The molecule has 11 heteroatoms. The largest absolute Gasteiger partial charge is 0.416 e. The topological polar surface area (TPSA) is 95.6 Å². The van der Waals surface area contributed by atoms with E-state index in [1.54, 1.807) is 6.07 Å². The first kappa shape index (κ1) is 20.6. The highest BCUT2D eigenvalue weighted by Crippen LogP contribution is 2.34. The molecule has 2 fully saturated rings. The predicted octanol–water partition coefficient (Wildman–Crippen LogP) is 1.81. The fourth-order valence-electron chi connectivity index (χ4n) is 3.57. The van der Waals surface area contributed by atoms with E-state index in [9.17, 15) is 31.2 Å². The number of nitrogens with zero attached hydrogens (tertiary/aromatic N) is 1. The summed E-state index contributed by atoms with van der Waals surface area (Å²) < 4.78 is 65.2. The number of rotatable bonds is 4. The van der Waals surface area contributed by atoms with Gasteiger partial charge in [0.25, 0.3) is 5.91 Å². The van der Waals surface area contributed by atoms with E-state index in [4.69, 9.17) is 0 Å². The zero-order valence-electron chi connectivity index (χ0n) is 15.0. The van der Waals surface area contributed by atoms with Gasteiger partial charge in [0.05, 0.1) is 11.3 Å². The zero-order valence-corrected chi connectivity index (χ0v) is 15.9. The fourth-order valence-corrected chi connectivity index (χ4v) is 5.46. The molecule has 2 aliphatic rings. The number of piperidine rings is 1. The molecule has 0 aliphatic carbocycles. The summed E-state index contributed by atoms with van der Waals surface area (Å²) in [6.45, 7) is 1.60. The highest BCUT2D eigenvalue weighted by molar-refractivity contribution is 7.89. The molecular formula is C17H20F3N3O4S. The van der Waals surface area contributed by atoms with Crippen LogP contribution in [0.2, 0.25) is 0 Å². The van der Waals surface area contributed by atoms with Crippen LogP contribution in [0.3, 0.4) is 0 Å². The van der Waals surface area contributed by atoms with Crippen LogP contribution < -0.4 is 10.6 Å². The molecule has 0 aromatic heterocycles. The highest BCUT2D eigenvalue weighted by Gasteiger charge is 2.47. The Morgan fingerprint density at radius 2 is 1.86 bits per heavy atom. The lowest BCUT2D eigenvalue weighted by Crippen LogP contribution is -2.53. The van der Waals surface area contributed by atoms with E-state index in [0.29, 0.717) is 18.4 Å². The minimum absolute atomic E-state index is 0.134. The molecule has 3 rings (SSSR count). The standard InChI is InChI=1S/C17H20F3N3O4S/c1-16(14(24)21-15(25)22-16)10-28(26,27)23-7-5-11(6-8-23)12-3-2-4-13(9-12)17(18,19)20/h2-4,9,11H,5-8,10H2,1H3,(H2,21,22,24,25)/t16-/m1/s1. The lowest BCUT2D eigenvalue weighted by atomic mass is 9.89. The van der Waals surface area contributed by atoms with E-state index in [2.05, 4.69) is 5.32 Å². The van der Waals surface area contributed by atoms with Crippen molar-refractivity contribution >= 4 is 22.0 Å². The van der Waals surface area contributed by atoms with Gasteiger partial charge in [-0.15, -0.1) is 0 Å². The molecule has 2 aliphatic heterocycles. The van der Waals surface area contributed by atoms with E-state index in [1.807, 2.05) is 5.32 Å². The zero-order chi connectivity index (χ0) is 20.7. The second-order valence-corrected chi connectivity index (χ2v) is 9.26. The van der Waals surface area contributed by atoms with Crippen LogP contribution in [0.1, 0.15) is 36.8 Å². The summed E-state index contributed by atoms with van der Waals surface area (Å²) in [6.07, 6.45) is -3.69. The molecule has 7 nitrogen and oxygen atoms in total. The minimum atomic E-state index is -4.43. The molecule has 0 bridgehead atoms. The Bertz CT molecular complexity index is 895. The molecule has 3 amide bonds. The first-order chi connectivity index (χ1) is 12.9. The summed E-state index contributed by atoms with van der Waals surface area (Å²) in [5.41, 5.74) is -1.74. The number of sulfonamides is 1. The number of amides is 3. The van der Waals surface area contributed by atoms with Gasteiger partial charge in [-0.2, -0.15) is 13.2 Å². The molecule has 2 N–H and O–H groups in total. The molecule has 0 radical (unpaired) electrons. The number of halogens is 3. The van der Waals surface area contributed by atoms with Gasteiger partial charge in [-0.1, -0.05) is 18.2 Å². The Kier molecular flexibility index (Phi) is 5.17. The number of alkyl halides is 3. The van der Waals surface area contributed by atoms with Crippen LogP contribution in [0.15, 0.2) is 24.3 Å². The first-order valence-corrected chi connectivity index (χ1v) is 10.3. The third-order valence-electron chi connectivity index (χ3n) is 5.12. The third kappa shape index (κ3) is 4.14. The van der Waals surface area contributed by atoms with E-state index in [1.165, 1.54) is 17.3 Å². The number of carbonyl (C=O) groups is 2. The number of hydrogen-bond acceptors (Lipinski definition) is 4. The van der Waals surface area contributed by atoms with Crippen LogP contribution >= 0.6 is 0 Å². The van der Waals surface area contributed by atoms with Crippen molar-refractivity contribution in [2.45, 2.75) is 37.4 Å². The van der Waals surface area contributed by atoms with Gasteiger partial charge >= 0.3 is 12.2 Å². The molecule has 2 saturated heterocycles. The Morgan fingerprint density at radius 1 is 1.21 bits per heavy atom. The smallest absolute Gasteiger partial charge is 0.322 e. The monoisotopic (exact) mass is 419 g/mol. The molecule has 1 aromatic carbocycles. The average molecular weight is 419 g/mol. The summed E-state index contributed by atoms with van der Waals surface area (Å²) in [4.78, 5) is 23.1. The van der Waals surface area contributed by atoms with Crippen molar-refractivity contribution in [1.29, 1.82) is 0 Å². The fraction of sp³-hybridized carbons (Fsp3) is 0.529. The summed E-state index contributed by atoms with van der Waals surface area (Å²) >= 11 is 0. The lowest BCUT2D eigenvalue weighted by molar-refractivity contribution is -0.137. The number of imide groups is 1. The summed E-state index contributed by atoms with van der Waals surface area (Å²) in [5, 5.41) is 4.33. The summed E-state index contributed by atoms with van der Waals surface area (Å²) in [6, 6.07) is 4.33. The molecule has 2 heterocycles. The second kappa shape index (κ2) is 7.03. The summed E-state index contributed by atoms with van der Waals surface area (Å²) in [5.74, 6) is -1.47. The molecule has 0 unspecified atom stereocenters. The van der Waals surface area contributed by atoms with Crippen LogP contribution in [-0.4, -0.2) is 49.0 Å². The van der Waals surface area contributed by atoms with E-state index in [0.717, 1.165) is 12.1 Å². The molecule has 154 valence electrons. The molecule has 28 heavy (non-hydrogen) atoms. The van der Waals surface area contributed by atoms with Gasteiger partial charge in [-0.05, 0) is 37.3 Å². The average Bonchev–Trinajstić information content (AvgIpc) is 2.85. The quantitative estimate of drug-likeness (QED) is 0.728. The van der Waals surface area contributed by atoms with E-state index in [-0.39, 0.29) is 19.0 Å². The van der Waals surface area contributed by atoms with Crippen LogP contribution in [0, 0.1) is 0 Å². The molecule has 1 aromatic rings. The maximum absolute atomic E-state index is 12.9. The maximum Gasteiger partial charge on any atom is 0.416 e. The lowest BCUT2D eigenvalue weighted by Gasteiger charge is -2.33. The van der Waals surface area contributed by atoms with Crippen molar-refractivity contribution in [1.82, 2.24) is 14.9 Å². The Labute approximate surface area is 160 Å². The number of hydrogen-bond donors (Lipinski definition) is 2. The van der Waals surface area contributed by atoms with E-state index >= 15 is 0 Å². The van der Waals surface area contributed by atoms with Crippen molar-refractivity contribution < 1.29 is 31.2 Å². The highest BCUT2D eigenvalue weighted by atomic mass is 32.2. The number of benzene rings is 1. The second-order valence-electron chi connectivity index (χ2n) is 7.29. The summed E-state index contributed by atoms with van der Waals surface area (Å²) in [7, 11) is -3.84. The van der Waals surface area contributed by atoms with Crippen molar-refractivity contribution in [3.63, 3.8) is 0 Å². The van der Waals surface area contributed by atoms with Crippen LogP contribution in [0.4, 0.5) is 18.0 Å².